The summed E-state index contributed by atoms with van der Waals surface area (Å²) in [7, 11) is 0. The molecule has 4 N–H and O–H groups in total. The number of H-pyrrole nitrogens is 1. The van der Waals surface area contributed by atoms with E-state index in [1.807, 2.05) is 12.1 Å². The molecule has 0 saturated carbocycles. The summed E-state index contributed by atoms with van der Waals surface area (Å²) in [6.45, 7) is 0.770. The van der Waals surface area contributed by atoms with Crippen LogP contribution < -0.4 is 11.1 Å². The molecule has 1 heterocycles. The number of anilines is 2. The van der Waals surface area contributed by atoms with Crippen molar-refractivity contribution in [2.45, 2.75) is 12.3 Å². The fourth-order valence-corrected chi connectivity index (χ4v) is 2.58. The van der Waals surface area contributed by atoms with E-state index in [-0.39, 0.29) is 0 Å². The molecule has 0 fully saturated rings. The topological polar surface area (TPSA) is 79.6 Å². The minimum atomic E-state index is 0.324. The molecular formula is C17H19N5. The molecule has 3 aromatic rings. The predicted molar refractivity (Wildman–Crippen MR) is 88.6 cm³/mol. The molecule has 0 spiro atoms. The quantitative estimate of drug-likeness (QED) is 0.652. The Balaban J connectivity index is 1.72. The number of hydrogen-bond donors (Lipinski definition) is 3. The van der Waals surface area contributed by atoms with Crippen molar-refractivity contribution in [3.05, 3.63) is 71.8 Å². The first-order chi connectivity index (χ1) is 10.8. The molecule has 112 valence electrons. The van der Waals surface area contributed by atoms with E-state index in [0.717, 1.165) is 13.0 Å². The van der Waals surface area contributed by atoms with Gasteiger partial charge in [-0.1, -0.05) is 60.7 Å². The lowest BCUT2D eigenvalue weighted by Gasteiger charge is -2.18. The monoisotopic (exact) mass is 293 g/mol. The number of aromatic amines is 1. The third kappa shape index (κ3) is 3.44. The van der Waals surface area contributed by atoms with Crippen LogP contribution in [0.1, 0.15) is 23.5 Å². The Kier molecular flexibility index (Phi) is 4.34. The van der Waals surface area contributed by atoms with Crippen LogP contribution in [0.2, 0.25) is 0 Å². The van der Waals surface area contributed by atoms with Crippen LogP contribution in [0.3, 0.4) is 0 Å². The van der Waals surface area contributed by atoms with E-state index in [1.54, 1.807) is 0 Å². The van der Waals surface area contributed by atoms with Gasteiger partial charge >= 0.3 is 0 Å². The highest BCUT2D eigenvalue weighted by molar-refractivity contribution is 5.34. The van der Waals surface area contributed by atoms with Crippen LogP contribution in [0.25, 0.3) is 0 Å². The number of rotatable bonds is 6. The van der Waals surface area contributed by atoms with Crippen molar-refractivity contribution < 1.29 is 0 Å². The predicted octanol–water partition coefficient (Wildman–Crippen LogP) is 3.02. The highest BCUT2D eigenvalue weighted by atomic mass is 15.3. The van der Waals surface area contributed by atoms with E-state index in [2.05, 4.69) is 69.0 Å². The van der Waals surface area contributed by atoms with Crippen molar-refractivity contribution in [2.75, 3.05) is 17.6 Å². The molecule has 3 rings (SSSR count). The van der Waals surface area contributed by atoms with Crippen molar-refractivity contribution in [3.8, 4) is 0 Å². The fraction of sp³-hybridized carbons (Fsp3) is 0.176. The Morgan fingerprint density at radius 1 is 0.955 bits per heavy atom. The highest BCUT2D eigenvalue weighted by Gasteiger charge is 2.13. The summed E-state index contributed by atoms with van der Waals surface area (Å²) in [6.07, 6.45) is 0.947. The zero-order chi connectivity index (χ0) is 15.2. The lowest BCUT2D eigenvalue weighted by Crippen LogP contribution is -2.10. The van der Waals surface area contributed by atoms with Crippen molar-refractivity contribution in [2.24, 2.45) is 0 Å². The number of nitrogens with two attached hydrogens (primary N) is 1. The Labute approximate surface area is 129 Å². The summed E-state index contributed by atoms with van der Waals surface area (Å²) >= 11 is 0. The number of nitrogen functional groups attached to an aromatic ring is 1. The van der Waals surface area contributed by atoms with Crippen LogP contribution in [0.5, 0.6) is 0 Å². The third-order valence-corrected chi connectivity index (χ3v) is 3.62. The van der Waals surface area contributed by atoms with Gasteiger partial charge in [0.05, 0.1) is 0 Å². The minimum Gasteiger partial charge on any atom is -0.368 e. The summed E-state index contributed by atoms with van der Waals surface area (Å²) < 4.78 is 0. The fourth-order valence-electron chi connectivity index (χ4n) is 2.58. The highest BCUT2D eigenvalue weighted by Crippen LogP contribution is 2.27. The second-order valence-corrected chi connectivity index (χ2v) is 5.13. The Bertz CT molecular complexity index is 654. The molecule has 0 aliphatic rings. The maximum atomic E-state index is 5.52. The third-order valence-electron chi connectivity index (χ3n) is 3.62. The van der Waals surface area contributed by atoms with Crippen molar-refractivity contribution in [1.82, 2.24) is 15.2 Å². The molecule has 5 heteroatoms. The Hall–Kier alpha value is -2.82. The molecule has 0 unspecified atom stereocenters. The van der Waals surface area contributed by atoms with E-state index >= 15 is 0 Å². The van der Waals surface area contributed by atoms with Gasteiger partial charge in [-0.05, 0) is 17.5 Å². The maximum Gasteiger partial charge on any atom is 0.243 e. The molecule has 0 amide bonds. The van der Waals surface area contributed by atoms with E-state index in [0.29, 0.717) is 17.8 Å². The Morgan fingerprint density at radius 2 is 1.55 bits per heavy atom. The van der Waals surface area contributed by atoms with E-state index in [1.165, 1.54) is 11.1 Å². The van der Waals surface area contributed by atoms with Gasteiger partial charge in [0, 0.05) is 12.5 Å². The van der Waals surface area contributed by atoms with Crippen LogP contribution in [0, 0.1) is 0 Å². The van der Waals surface area contributed by atoms with Crippen LogP contribution in [-0.4, -0.2) is 21.7 Å². The van der Waals surface area contributed by atoms with E-state index < -0.39 is 0 Å². The lowest BCUT2D eigenvalue weighted by molar-refractivity contribution is 0.741. The summed E-state index contributed by atoms with van der Waals surface area (Å²) in [5.74, 6) is 1.20. The average Bonchev–Trinajstić information content (AvgIpc) is 2.99. The molecule has 22 heavy (non-hydrogen) atoms. The summed E-state index contributed by atoms with van der Waals surface area (Å²) in [4.78, 5) is 4.05. The molecule has 5 nitrogen and oxygen atoms in total. The van der Waals surface area contributed by atoms with Gasteiger partial charge in [-0.25, -0.2) is 5.10 Å². The zero-order valence-corrected chi connectivity index (χ0v) is 12.2. The van der Waals surface area contributed by atoms with Gasteiger partial charge in [0.25, 0.3) is 0 Å². The normalized spacial score (nSPS) is 10.8. The van der Waals surface area contributed by atoms with E-state index in [9.17, 15) is 0 Å². The number of aromatic nitrogens is 3. The smallest absolute Gasteiger partial charge is 0.243 e. The van der Waals surface area contributed by atoms with Crippen molar-refractivity contribution in [3.63, 3.8) is 0 Å². The van der Waals surface area contributed by atoms with Gasteiger partial charge in [-0.15, -0.1) is 5.10 Å². The first kappa shape index (κ1) is 14.1. The number of nitrogens with zero attached hydrogens (tertiary/aromatic N) is 2. The molecule has 0 aliphatic heterocycles. The Morgan fingerprint density at radius 3 is 2.05 bits per heavy atom. The SMILES string of the molecule is Nc1nc(NCCC(c2ccccc2)c2ccccc2)n[nH]1. The van der Waals surface area contributed by atoms with Crippen LogP contribution in [0.4, 0.5) is 11.9 Å². The molecule has 0 saturated heterocycles. The van der Waals surface area contributed by atoms with Crippen LogP contribution >= 0.6 is 0 Å². The first-order valence-corrected chi connectivity index (χ1v) is 7.34. The standard InChI is InChI=1S/C17H19N5/c18-16-20-17(22-21-16)19-12-11-15(13-7-3-1-4-8-13)14-9-5-2-6-10-14/h1-10,15H,11-12H2,(H4,18,19,20,21,22). The number of hydrogen-bond acceptors (Lipinski definition) is 4. The van der Waals surface area contributed by atoms with Gasteiger partial charge in [0.2, 0.25) is 11.9 Å². The number of benzene rings is 2. The van der Waals surface area contributed by atoms with Gasteiger partial charge < -0.3 is 11.1 Å². The van der Waals surface area contributed by atoms with E-state index in [4.69, 9.17) is 5.73 Å². The molecular weight excluding hydrogens is 274 g/mol. The largest absolute Gasteiger partial charge is 0.368 e. The van der Waals surface area contributed by atoms with Gasteiger partial charge in [0.1, 0.15) is 0 Å². The molecule has 0 radical (unpaired) electrons. The average molecular weight is 293 g/mol. The van der Waals surface area contributed by atoms with Crippen LogP contribution in [-0.2, 0) is 0 Å². The molecule has 1 aromatic heterocycles. The first-order valence-electron chi connectivity index (χ1n) is 7.34. The van der Waals surface area contributed by atoms with Gasteiger partial charge in [-0.3, -0.25) is 0 Å². The summed E-state index contributed by atoms with van der Waals surface area (Å²) in [5.41, 5.74) is 8.14. The zero-order valence-electron chi connectivity index (χ0n) is 12.2. The second-order valence-electron chi connectivity index (χ2n) is 5.13. The molecule has 0 aliphatic carbocycles. The minimum absolute atomic E-state index is 0.324. The van der Waals surface area contributed by atoms with Crippen molar-refractivity contribution >= 4 is 11.9 Å². The summed E-state index contributed by atoms with van der Waals surface area (Å²) in [6, 6.07) is 21.1. The second kappa shape index (κ2) is 6.76. The van der Waals surface area contributed by atoms with Gasteiger partial charge in [-0.2, -0.15) is 4.98 Å². The molecule has 2 aromatic carbocycles. The van der Waals surface area contributed by atoms with Crippen LogP contribution in [0.15, 0.2) is 60.7 Å². The number of nitrogens with one attached hydrogen (secondary N) is 2. The maximum absolute atomic E-state index is 5.52. The molecule has 0 bridgehead atoms. The molecule has 0 atom stereocenters. The summed E-state index contributed by atoms with van der Waals surface area (Å²) in [5, 5.41) is 9.81. The lowest BCUT2D eigenvalue weighted by atomic mass is 9.88. The van der Waals surface area contributed by atoms with Gasteiger partial charge in [0.15, 0.2) is 0 Å². The van der Waals surface area contributed by atoms with Crippen molar-refractivity contribution in [1.29, 1.82) is 0 Å².